The largest absolute Gasteiger partial charge is 0.383 e. The predicted octanol–water partition coefficient (Wildman–Crippen LogP) is 2.31. The lowest BCUT2D eigenvalue weighted by molar-refractivity contribution is 0.199. The first-order chi connectivity index (χ1) is 9.29. The van der Waals surface area contributed by atoms with Crippen molar-refractivity contribution in [2.45, 2.75) is 16.6 Å². The van der Waals surface area contributed by atoms with E-state index in [4.69, 9.17) is 4.74 Å². The standard InChI is InChI=1S/C14H19N3OS/c1-17-9-7-16-14(17)19-13-5-3-12(4-6-13)11-15-8-10-18-2/h3-7,9,15H,8,10-11H2,1-2H3. The summed E-state index contributed by atoms with van der Waals surface area (Å²) >= 11 is 1.67. The van der Waals surface area contributed by atoms with Gasteiger partial charge in [-0.05, 0) is 17.7 Å². The summed E-state index contributed by atoms with van der Waals surface area (Å²) in [7, 11) is 3.72. The Morgan fingerprint density at radius 2 is 2.11 bits per heavy atom. The van der Waals surface area contributed by atoms with Gasteiger partial charge in [-0.2, -0.15) is 0 Å². The minimum Gasteiger partial charge on any atom is -0.383 e. The smallest absolute Gasteiger partial charge is 0.172 e. The lowest BCUT2D eigenvalue weighted by Crippen LogP contribution is -2.18. The van der Waals surface area contributed by atoms with E-state index >= 15 is 0 Å². The van der Waals surface area contributed by atoms with Gasteiger partial charge in [0.05, 0.1) is 6.61 Å². The van der Waals surface area contributed by atoms with E-state index in [9.17, 15) is 0 Å². The van der Waals surface area contributed by atoms with Gasteiger partial charge in [-0.1, -0.05) is 23.9 Å². The maximum Gasteiger partial charge on any atom is 0.172 e. The van der Waals surface area contributed by atoms with Crippen molar-refractivity contribution < 1.29 is 4.74 Å². The van der Waals surface area contributed by atoms with Crippen molar-refractivity contribution in [3.05, 3.63) is 42.2 Å². The van der Waals surface area contributed by atoms with E-state index in [1.54, 1.807) is 18.9 Å². The molecule has 0 bridgehead atoms. The second-order valence-corrected chi connectivity index (χ2v) is 5.28. The molecule has 0 aliphatic carbocycles. The van der Waals surface area contributed by atoms with Gasteiger partial charge in [0, 0.05) is 44.5 Å². The average molecular weight is 277 g/mol. The molecule has 0 aliphatic rings. The molecule has 0 radical (unpaired) electrons. The molecule has 4 nitrogen and oxygen atoms in total. The summed E-state index contributed by atoms with van der Waals surface area (Å²) in [5.41, 5.74) is 1.28. The molecule has 2 aromatic rings. The van der Waals surface area contributed by atoms with Crippen LogP contribution >= 0.6 is 11.8 Å². The van der Waals surface area contributed by atoms with Crippen molar-refractivity contribution in [3.8, 4) is 0 Å². The maximum absolute atomic E-state index is 4.99. The monoisotopic (exact) mass is 277 g/mol. The quantitative estimate of drug-likeness (QED) is 0.788. The fourth-order valence-corrected chi connectivity index (χ4v) is 2.44. The van der Waals surface area contributed by atoms with Gasteiger partial charge in [0.15, 0.2) is 5.16 Å². The van der Waals surface area contributed by atoms with Gasteiger partial charge in [-0.3, -0.25) is 0 Å². The molecule has 1 heterocycles. The van der Waals surface area contributed by atoms with Crippen LogP contribution in [0.25, 0.3) is 0 Å². The summed E-state index contributed by atoms with van der Waals surface area (Å²) in [4.78, 5) is 5.51. The molecule has 2 rings (SSSR count). The SMILES string of the molecule is COCCNCc1ccc(Sc2nccn2C)cc1. The third-order valence-electron chi connectivity index (χ3n) is 2.72. The molecule has 5 heteroatoms. The first-order valence-electron chi connectivity index (χ1n) is 6.23. The Morgan fingerprint density at radius 1 is 1.32 bits per heavy atom. The zero-order valence-electron chi connectivity index (χ0n) is 11.3. The Bertz CT molecular complexity index is 496. The van der Waals surface area contributed by atoms with E-state index in [0.29, 0.717) is 0 Å². The molecule has 1 N–H and O–H groups in total. The highest BCUT2D eigenvalue weighted by Crippen LogP contribution is 2.25. The van der Waals surface area contributed by atoms with Gasteiger partial charge in [0.25, 0.3) is 0 Å². The molecule has 0 unspecified atom stereocenters. The molecule has 1 aromatic heterocycles. The van der Waals surface area contributed by atoms with Crippen molar-refractivity contribution in [1.29, 1.82) is 0 Å². The Morgan fingerprint density at radius 3 is 2.74 bits per heavy atom. The van der Waals surface area contributed by atoms with E-state index in [1.807, 2.05) is 24.0 Å². The first kappa shape index (κ1) is 14.1. The predicted molar refractivity (Wildman–Crippen MR) is 77.4 cm³/mol. The molecule has 0 saturated carbocycles. The van der Waals surface area contributed by atoms with Gasteiger partial charge in [-0.25, -0.2) is 4.98 Å². The second kappa shape index (κ2) is 7.33. The maximum atomic E-state index is 4.99. The van der Waals surface area contributed by atoms with Crippen LogP contribution in [0, 0.1) is 0 Å². The Balaban J connectivity index is 1.86. The number of nitrogens with zero attached hydrogens (tertiary/aromatic N) is 2. The fraction of sp³-hybridized carbons (Fsp3) is 0.357. The summed E-state index contributed by atoms with van der Waals surface area (Å²) in [5, 5.41) is 4.33. The number of benzene rings is 1. The van der Waals surface area contributed by atoms with Gasteiger partial charge in [0.1, 0.15) is 0 Å². The molecule has 1 aromatic carbocycles. The number of imidazole rings is 1. The van der Waals surface area contributed by atoms with Crippen LogP contribution in [0.2, 0.25) is 0 Å². The lowest BCUT2D eigenvalue weighted by Gasteiger charge is -2.06. The van der Waals surface area contributed by atoms with Crippen molar-refractivity contribution in [2.24, 2.45) is 7.05 Å². The number of ether oxygens (including phenoxy) is 1. The summed E-state index contributed by atoms with van der Waals surface area (Å²) < 4.78 is 7.01. The molecule has 102 valence electrons. The zero-order valence-corrected chi connectivity index (χ0v) is 12.1. The van der Waals surface area contributed by atoms with E-state index in [-0.39, 0.29) is 0 Å². The van der Waals surface area contributed by atoms with Crippen LogP contribution in [-0.2, 0) is 18.3 Å². The number of hydrogen-bond donors (Lipinski definition) is 1. The van der Waals surface area contributed by atoms with Gasteiger partial charge < -0.3 is 14.6 Å². The number of methoxy groups -OCH3 is 1. The molecular formula is C14H19N3OS. The molecule has 0 fully saturated rings. The molecule has 0 aliphatic heterocycles. The second-order valence-electron chi connectivity index (χ2n) is 4.24. The van der Waals surface area contributed by atoms with Crippen molar-refractivity contribution >= 4 is 11.8 Å². The molecule has 0 amide bonds. The molecular weight excluding hydrogens is 258 g/mol. The molecule has 0 saturated heterocycles. The van der Waals surface area contributed by atoms with E-state index in [2.05, 4.69) is 34.6 Å². The third-order valence-corrected chi connectivity index (χ3v) is 3.81. The van der Waals surface area contributed by atoms with Crippen LogP contribution in [0.5, 0.6) is 0 Å². The van der Waals surface area contributed by atoms with E-state index in [1.165, 1.54) is 10.5 Å². The number of aromatic nitrogens is 2. The van der Waals surface area contributed by atoms with Crippen molar-refractivity contribution in [3.63, 3.8) is 0 Å². The average Bonchev–Trinajstić information content (AvgIpc) is 2.82. The third kappa shape index (κ3) is 4.38. The number of hydrogen-bond acceptors (Lipinski definition) is 4. The van der Waals surface area contributed by atoms with Gasteiger partial charge in [0.2, 0.25) is 0 Å². The van der Waals surface area contributed by atoms with Crippen LogP contribution in [-0.4, -0.2) is 29.8 Å². The van der Waals surface area contributed by atoms with E-state index in [0.717, 1.165) is 24.9 Å². The summed E-state index contributed by atoms with van der Waals surface area (Å²) in [5.74, 6) is 0. The van der Waals surface area contributed by atoms with Gasteiger partial charge >= 0.3 is 0 Å². The topological polar surface area (TPSA) is 39.1 Å². The van der Waals surface area contributed by atoms with Crippen LogP contribution in [0.3, 0.4) is 0 Å². The Kier molecular flexibility index (Phi) is 5.44. The number of aryl methyl sites for hydroxylation is 1. The van der Waals surface area contributed by atoms with Crippen LogP contribution in [0.15, 0.2) is 46.7 Å². The Labute approximate surface area is 118 Å². The first-order valence-corrected chi connectivity index (χ1v) is 7.05. The molecule has 0 spiro atoms. The minimum absolute atomic E-state index is 0.743. The Hall–Kier alpha value is -1.30. The highest BCUT2D eigenvalue weighted by Gasteiger charge is 2.02. The summed E-state index contributed by atoms with van der Waals surface area (Å²) in [6.07, 6.45) is 3.77. The van der Waals surface area contributed by atoms with Crippen LogP contribution in [0.4, 0.5) is 0 Å². The summed E-state index contributed by atoms with van der Waals surface area (Å²) in [6.45, 7) is 2.49. The van der Waals surface area contributed by atoms with Crippen LogP contribution in [0.1, 0.15) is 5.56 Å². The molecule has 19 heavy (non-hydrogen) atoms. The number of rotatable bonds is 7. The number of nitrogens with one attached hydrogen (secondary N) is 1. The minimum atomic E-state index is 0.743. The lowest BCUT2D eigenvalue weighted by atomic mass is 10.2. The van der Waals surface area contributed by atoms with Crippen molar-refractivity contribution in [2.75, 3.05) is 20.3 Å². The summed E-state index contributed by atoms with van der Waals surface area (Å²) in [6, 6.07) is 8.55. The van der Waals surface area contributed by atoms with E-state index < -0.39 is 0 Å². The highest BCUT2D eigenvalue weighted by molar-refractivity contribution is 7.99. The van der Waals surface area contributed by atoms with Crippen LogP contribution < -0.4 is 5.32 Å². The highest BCUT2D eigenvalue weighted by atomic mass is 32.2. The zero-order chi connectivity index (χ0) is 13.5. The van der Waals surface area contributed by atoms with Crippen molar-refractivity contribution in [1.82, 2.24) is 14.9 Å². The fourth-order valence-electron chi connectivity index (χ4n) is 1.64. The normalized spacial score (nSPS) is 10.8. The van der Waals surface area contributed by atoms with Gasteiger partial charge in [-0.15, -0.1) is 0 Å². The molecule has 0 atom stereocenters.